The minimum absolute atomic E-state index is 0.0240. The largest absolute Gasteiger partial charge is 0.495 e. The lowest BCUT2D eigenvalue weighted by atomic mass is 9.97. The van der Waals surface area contributed by atoms with Crippen LogP contribution in [0.15, 0.2) is 60.9 Å². The monoisotopic (exact) mass is 455 g/mol. The quantitative estimate of drug-likeness (QED) is 0.548. The number of hydrogen-bond donors (Lipinski definition) is 1. The number of carbonyl (C=O) groups excluding carboxylic acids is 1. The molecule has 5 nitrogen and oxygen atoms in total. The summed E-state index contributed by atoms with van der Waals surface area (Å²) in [6.07, 6.45) is -7.10. The fourth-order valence-corrected chi connectivity index (χ4v) is 2.90. The third-order valence-electron chi connectivity index (χ3n) is 4.47. The molecule has 1 atom stereocenters. The van der Waals surface area contributed by atoms with Crippen LogP contribution in [0, 0.1) is 0 Å². The zero-order valence-corrected chi connectivity index (χ0v) is 16.3. The van der Waals surface area contributed by atoms with Crippen LogP contribution in [0.2, 0.25) is 0 Å². The van der Waals surface area contributed by atoms with Crippen LogP contribution in [0.3, 0.4) is 0 Å². The van der Waals surface area contributed by atoms with Gasteiger partial charge < -0.3 is 10.1 Å². The van der Waals surface area contributed by atoms with Crippen LogP contribution in [-0.2, 0) is 12.4 Å². The van der Waals surface area contributed by atoms with Crippen LogP contribution in [0.1, 0.15) is 38.9 Å². The van der Waals surface area contributed by atoms with Crippen LogP contribution >= 0.6 is 0 Å². The first-order chi connectivity index (χ1) is 15.0. The Labute approximate surface area is 178 Å². The van der Waals surface area contributed by atoms with Gasteiger partial charge in [0.2, 0.25) is 0 Å². The van der Waals surface area contributed by atoms with E-state index in [1.165, 1.54) is 25.4 Å². The molecule has 1 N–H and O–H groups in total. The smallest absolute Gasteiger partial charge is 0.418 e. The van der Waals surface area contributed by atoms with E-state index < -0.39 is 41.1 Å². The summed E-state index contributed by atoms with van der Waals surface area (Å²) in [6.45, 7) is 0. The second-order valence-electron chi connectivity index (χ2n) is 6.54. The SMILES string of the molecule is COc1ccc(C(=O)NC(c2ccc(C(F)(F)F)cc2)c2ncccc2C(F)(F)F)nc1. The van der Waals surface area contributed by atoms with Crippen molar-refractivity contribution in [3.05, 3.63) is 89.0 Å². The predicted molar refractivity (Wildman–Crippen MR) is 101 cm³/mol. The number of halogens is 6. The number of aromatic nitrogens is 2. The van der Waals surface area contributed by atoms with Gasteiger partial charge in [0.05, 0.1) is 36.2 Å². The number of methoxy groups -OCH3 is 1. The summed E-state index contributed by atoms with van der Waals surface area (Å²) in [4.78, 5) is 20.3. The molecule has 1 unspecified atom stereocenters. The summed E-state index contributed by atoms with van der Waals surface area (Å²) >= 11 is 0. The lowest BCUT2D eigenvalue weighted by Gasteiger charge is -2.22. The molecule has 0 fully saturated rings. The van der Waals surface area contributed by atoms with Crippen LogP contribution in [0.25, 0.3) is 0 Å². The summed E-state index contributed by atoms with van der Waals surface area (Å²) in [5.74, 6) is -0.499. The molecule has 1 aromatic carbocycles. The third-order valence-corrected chi connectivity index (χ3v) is 4.47. The molecule has 0 saturated heterocycles. The van der Waals surface area contributed by atoms with Crippen molar-refractivity contribution in [2.24, 2.45) is 0 Å². The van der Waals surface area contributed by atoms with Crippen LogP contribution in [0.4, 0.5) is 26.3 Å². The van der Waals surface area contributed by atoms with Crippen molar-refractivity contribution in [3.63, 3.8) is 0 Å². The van der Waals surface area contributed by atoms with E-state index in [2.05, 4.69) is 15.3 Å². The van der Waals surface area contributed by atoms with Gasteiger partial charge in [0, 0.05) is 6.20 Å². The minimum atomic E-state index is -4.81. The molecule has 0 aliphatic carbocycles. The lowest BCUT2D eigenvalue weighted by Crippen LogP contribution is -2.32. The average molecular weight is 455 g/mol. The molecule has 168 valence electrons. The van der Waals surface area contributed by atoms with Crippen molar-refractivity contribution in [3.8, 4) is 5.75 Å². The van der Waals surface area contributed by atoms with Crippen molar-refractivity contribution < 1.29 is 35.9 Å². The van der Waals surface area contributed by atoms with Gasteiger partial charge in [-0.25, -0.2) is 4.98 Å². The Morgan fingerprint density at radius 2 is 1.62 bits per heavy atom. The first-order valence-corrected chi connectivity index (χ1v) is 9.01. The number of hydrogen-bond acceptors (Lipinski definition) is 4. The van der Waals surface area contributed by atoms with Gasteiger partial charge in [0.15, 0.2) is 0 Å². The number of carbonyl (C=O) groups is 1. The molecule has 2 heterocycles. The van der Waals surface area contributed by atoms with Gasteiger partial charge in [0.1, 0.15) is 11.4 Å². The zero-order valence-electron chi connectivity index (χ0n) is 16.3. The van der Waals surface area contributed by atoms with Gasteiger partial charge in [-0.1, -0.05) is 12.1 Å². The number of ether oxygens (including phenoxy) is 1. The maximum absolute atomic E-state index is 13.6. The molecule has 1 amide bonds. The molecule has 0 spiro atoms. The molecule has 0 saturated carbocycles. The van der Waals surface area contributed by atoms with Crippen molar-refractivity contribution in [1.82, 2.24) is 15.3 Å². The summed E-state index contributed by atoms with van der Waals surface area (Å²) in [7, 11) is 1.39. The maximum atomic E-state index is 13.6. The predicted octanol–water partition coefficient (Wildman–Crippen LogP) is 5.04. The third kappa shape index (κ3) is 5.16. The average Bonchev–Trinajstić information content (AvgIpc) is 2.76. The lowest BCUT2D eigenvalue weighted by molar-refractivity contribution is -0.139. The molecule has 3 rings (SSSR count). The van der Waals surface area contributed by atoms with E-state index in [-0.39, 0.29) is 11.3 Å². The Balaban J connectivity index is 2.05. The Kier molecular flexibility index (Phi) is 6.37. The number of pyridine rings is 2. The number of nitrogens with one attached hydrogen (secondary N) is 1. The molecule has 2 aromatic heterocycles. The van der Waals surface area contributed by atoms with Crippen LogP contribution < -0.4 is 10.1 Å². The highest BCUT2D eigenvalue weighted by atomic mass is 19.4. The van der Waals surface area contributed by atoms with E-state index in [1.54, 1.807) is 0 Å². The highest BCUT2D eigenvalue weighted by molar-refractivity contribution is 5.92. The van der Waals surface area contributed by atoms with E-state index in [1.807, 2.05) is 0 Å². The standard InChI is InChI=1S/C21H15F6N3O2/c1-32-14-8-9-16(29-11-14)19(31)30-17(12-4-6-13(7-5-12)20(22,23)24)18-15(21(25,26)27)3-2-10-28-18/h2-11,17H,1H3,(H,30,31). The molecule has 0 aliphatic rings. The van der Waals surface area contributed by atoms with E-state index >= 15 is 0 Å². The highest BCUT2D eigenvalue weighted by Crippen LogP contribution is 2.36. The topological polar surface area (TPSA) is 64.1 Å². The minimum Gasteiger partial charge on any atom is -0.495 e. The highest BCUT2D eigenvalue weighted by Gasteiger charge is 2.37. The van der Waals surface area contributed by atoms with Crippen LogP contribution in [-0.4, -0.2) is 23.0 Å². The Morgan fingerprint density at radius 3 is 2.16 bits per heavy atom. The molecule has 0 aliphatic heterocycles. The molecule has 11 heteroatoms. The van der Waals surface area contributed by atoms with E-state index in [0.717, 1.165) is 42.6 Å². The normalized spacial score (nSPS) is 12.8. The van der Waals surface area contributed by atoms with E-state index in [4.69, 9.17) is 4.74 Å². The number of alkyl halides is 6. The summed E-state index contributed by atoms with van der Waals surface area (Å²) in [6, 6.07) is 6.49. The maximum Gasteiger partial charge on any atom is 0.418 e. The number of rotatable bonds is 5. The first-order valence-electron chi connectivity index (χ1n) is 9.01. The Hall–Kier alpha value is -3.63. The second-order valence-corrected chi connectivity index (χ2v) is 6.54. The molecule has 3 aromatic rings. The van der Waals surface area contributed by atoms with Gasteiger partial charge in [-0.3, -0.25) is 9.78 Å². The Morgan fingerprint density at radius 1 is 0.938 bits per heavy atom. The molecule has 32 heavy (non-hydrogen) atoms. The zero-order chi connectivity index (χ0) is 23.5. The van der Waals surface area contributed by atoms with E-state index in [0.29, 0.717) is 5.75 Å². The number of amides is 1. The van der Waals surface area contributed by atoms with Crippen molar-refractivity contribution in [2.75, 3.05) is 7.11 Å². The van der Waals surface area contributed by atoms with Gasteiger partial charge in [-0.15, -0.1) is 0 Å². The van der Waals surface area contributed by atoms with Gasteiger partial charge in [-0.05, 0) is 42.0 Å². The van der Waals surface area contributed by atoms with Crippen molar-refractivity contribution >= 4 is 5.91 Å². The van der Waals surface area contributed by atoms with Crippen molar-refractivity contribution in [2.45, 2.75) is 18.4 Å². The second kappa shape index (κ2) is 8.85. The molecular formula is C21H15F6N3O2. The summed E-state index contributed by atoms with van der Waals surface area (Å²) < 4.78 is 84.3. The van der Waals surface area contributed by atoms with Crippen LogP contribution in [0.5, 0.6) is 5.75 Å². The molecule has 0 radical (unpaired) electrons. The number of benzene rings is 1. The Bertz CT molecular complexity index is 1080. The fraction of sp³-hybridized carbons (Fsp3) is 0.190. The summed E-state index contributed by atoms with van der Waals surface area (Å²) in [5, 5.41) is 2.39. The fourth-order valence-electron chi connectivity index (χ4n) is 2.90. The molecular weight excluding hydrogens is 440 g/mol. The van der Waals surface area contributed by atoms with Gasteiger partial charge in [0.25, 0.3) is 5.91 Å². The summed E-state index contributed by atoms with van der Waals surface area (Å²) in [5.41, 5.74) is -2.84. The van der Waals surface area contributed by atoms with Gasteiger partial charge >= 0.3 is 12.4 Å². The van der Waals surface area contributed by atoms with Gasteiger partial charge in [-0.2, -0.15) is 26.3 Å². The van der Waals surface area contributed by atoms with Crippen molar-refractivity contribution in [1.29, 1.82) is 0 Å². The number of nitrogens with zero attached hydrogens (tertiary/aromatic N) is 2. The van der Waals surface area contributed by atoms with E-state index in [9.17, 15) is 31.1 Å². The molecule has 0 bridgehead atoms. The first kappa shape index (κ1) is 23.0.